The Bertz CT molecular complexity index is 923. The fraction of sp³-hybridized carbons (Fsp3) is 0.158. The van der Waals surface area contributed by atoms with Gasteiger partial charge in [-0.1, -0.05) is 12.1 Å². The van der Waals surface area contributed by atoms with E-state index >= 15 is 0 Å². The van der Waals surface area contributed by atoms with Gasteiger partial charge in [-0.05, 0) is 44.2 Å². The SMILES string of the molecule is Cc1cc(C(=O)Oc2ccccc2C(N)=O)c(C)n1Cc1ccco1. The Kier molecular flexibility index (Phi) is 4.43. The van der Waals surface area contributed by atoms with E-state index in [1.54, 1.807) is 30.5 Å². The van der Waals surface area contributed by atoms with E-state index in [2.05, 4.69) is 0 Å². The van der Waals surface area contributed by atoms with Crippen LogP contribution in [0, 0.1) is 13.8 Å². The summed E-state index contributed by atoms with van der Waals surface area (Å²) in [5.74, 6) is -0.240. The molecule has 0 aliphatic carbocycles. The molecule has 0 aliphatic rings. The van der Waals surface area contributed by atoms with E-state index < -0.39 is 11.9 Å². The van der Waals surface area contributed by atoms with Crippen LogP contribution in [-0.4, -0.2) is 16.4 Å². The Morgan fingerprint density at radius 1 is 1.12 bits per heavy atom. The van der Waals surface area contributed by atoms with Gasteiger partial charge in [0.15, 0.2) is 0 Å². The first-order chi connectivity index (χ1) is 12.0. The summed E-state index contributed by atoms with van der Waals surface area (Å²) in [7, 11) is 0. The van der Waals surface area contributed by atoms with Crippen LogP contribution in [0.4, 0.5) is 0 Å². The van der Waals surface area contributed by atoms with Crippen LogP contribution in [0.1, 0.15) is 37.9 Å². The highest BCUT2D eigenvalue weighted by Crippen LogP contribution is 2.22. The van der Waals surface area contributed by atoms with Gasteiger partial charge in [0.05, 0.1) is 23.9 Å². The van der Waals surface area contributed by atoms with Gasteiger partial charge >= 0.3 is 5.97 Å². The number of amides is 1. The van der Waals surface area contributed by atoms with E-state index in [-0.39, 0.29) is 11.3 Å². The first-order valence-corrected chi connectivity index (χ1v) is 7.77. The highest BCUT2D eigenvalue weighted by atomic mass is 16.5. The summed E-state index contributed by atoms with van der Waals surface area (Å²) >= 11 is 0. The number of ether oxygens (including phenoxy) is 1. The summed E-state index contributed by atoms with van der Waals surface area (Å²) in [6.45, 7) is 4.27. The normalized spacial score (nSPS) is 10.6. The zero-order valence-corrected chi connectivity index (χ0v) is 14.0. The molecule has 0 aliphatic heterocycles. The molecule has 25 heavy (non-hydrogen) atoms. The van der Waals surface area contributed by atoms with E-state index in [0.717, 1.165) is 17.1 Å². The van der Waals surface area contributed by atoms with Gasteiger partial charge in [0.25, 0.3) is 5.91 Å². The third-order valence-electron chi connectivity index (χ3n) is 4.04. The van der Waals surface area contributed by atoms with Crippen LogP contribution in [0.3, 0.4) is 0 Å². The zero-order valence-electron chi connectivity index (χ0n) is 14.0. The van der Waals surface area contributed by atoms with E-state index in [1.807, 2.05) is 30.5 Å². The van der Waals surface area contributed by atoms with Gasteiger partial charge in [-0.2, -0.15) is 0 Å². The summed E-state index contributed by atoms with van der Waals surface area (Å²) in [4.78, 5) is 24.0. The predicted octanol–water partition coefficient (Wildman–Crippen LogP) is 3.06. The Hall–Kier alpha value is -3.28. The first-order valence-electron chi connectivity index (χ1n) is 7.77. The average molecular weight is 338 g/mol. The van der Waals surface area contributed by atoms with Crippen LogP contribution in [0.5, 0.6) is 5.75 Å². The molecule has 0 bridgehead atoms. The molecule has 0 saturated heterocycles. The highest BCUT2D eigenvalue weighted by Gasteiger charge is 2.20. The number of benzene rings is 1. The topological polar surface area (TPSA) is 87.5 Å². The third kappa shape index (κ3) is 3.33. The second-order valence-electron chi connectivity index (χ2n) is 5.70. The Morgan fingerprint density at radius 2 is 1.88 bits per heavy atom. The standard InChI is InChI=1S/C19H18N2O4/c1-12-10-16(13(2)21(12)11-14-6-5-9-24-14)19(23)25-17-8-4-3-7-15(17)18(20)22/h3-10H,11H2,1-2H3,(H2,20,22). The number of primary amides is 1. The van der Waals surface area contributed by atoms with E-state index in [9.17, 15) is 9.59 Å². The quantitative estimate of drug-likeness (QED) is 0.572. The van der Waals surface area contributed by atoms with Crippen LogP contribution in [0.15, 0.2) is 53.1 Å². The minimum atomic E-state index is -0.647. The van der Waals surface area contributed by atoms with Crippen molar-refractivity contribution >= 4 is 11.9 Å². The fourth-order valence-corrected chi connectivity index (χ4v) is 2.72. The molecule has 2 N–H and O–H groups in total. The predicted molar refractivity (Wildman–Crippen MR) is 91.6 cm³/mol. The largest absolute Gasteiger partial charge is 0.467 e. The number of aryl methyl sites for hydroxylation is 1. The number of furan rings is 1. The maximum Gasteiger partial charge on any atom is 0.345 e. The van der Waals surface area contributed by atoms with Crippen molar-refractivity contribution in [1.29, 1.82) is 0 Å². The lowest BCUT2D eigenvalue weighted by atomic mass is 10.2. The zero-order chi connectivity index (χ0) is 18.0. The van der Waals surface area contributed by atoms with Gasteiger partial charge in [-0.15, -0.1) is 0 Å². The Labute approximate surface area is 144 Å². The van der Waals surface area contributed by atoms with Crippen molar-refractivity contribution in [3.05, 3.63) is 77.0 Å². The lowest BCUT2D eigenvalue weighted by Gasteiger charge is -2.09. The van der Waals surface area contributed by atoms with Crippen molar-refractivity contribution in [2.24, 2.45) is 5.73 Å². The maximum atomic E-state index is 12.6. The van der Waals surface area contributed by atoms with Crippen molar-refractivity contribution in [3.63, 3.8) is 0 Å². The summed E-state index contributed by atoms with van der Waals surface area (Å²) < 4.78 is 12.7. The number of aromatic nitrogens is 1. The average Bonchev–Trinajstić information content (AvgIpc) is 3.19. The van der Waals surface area contributed by atoms with Gasteiger partial charge in [0.2, 0.25) is 0 Å². The summed E-state index contributed by atoms with van der Waals surface area (Å²) in [5, 5.41) is 0. The second-order valence-corrected chi connectivity index (χ2v) is 5.70. The summed E-state index contributed by atoms with van der Waals surface area (Å²) in [5.41, 5.74) is 7.58. The number of rotatable bonds is 5. The molecule has 3 aromatic rings. The van der Waals surface area contributed by atoms with Crippen molar-refractivity contribution in [1.82, 2.24) is 4.57 Å². The summed E-state index contributed by atoms with van der Waals surface area (Å²) in [6.07, 6.45) is 1.61. The molecule has 6 nitrogen and oxygen atoms in total. The molecule has 6 heteroatoms. The molecule has 0 spiro atoms. The van der Waals surface area contributed by atoms with E-state index in [1.165, 1.54) is 6.07 Å². The number of nitrogens with zero attached hydrogens (tertiary/aromatic N) is 1. The van der Waals surface area contributed by atoms with E-state index in [4.69, 9.17) is 14.9 Å². The van der Waals surface area contributed by atoms with Crippen molar-refractivity contribution in [2.75, 3.05) is 0 Å². The molecule has 0 atom stereocenters. The smallest absolute Gasteiger partial charge is 0.345 e. The Morgan fingerprint density at radius 3 is 2.56 bits per heavy atom. The number of carbonyl (C=O) groups is 2. The fourth-order valence-electron chi connectivity index (χ4n) is 2.72. The number of hydrogen-bond acceptors (Lipinski definition) is 4. The number of hydrogen-bond donors (Lipinski definition) is 1. The molecule has 2 aromatic heterocycles. The first kappa shape index (κ1) is 16.6. The monoisotopic (exact) mass is 338 g/mol. The van der Waals surface area contributed by atoms with E-state index in [0.29, 0.717) is 12.1 Å². The number of carbonyl (C=O) groups excluding carboxylic acids is 2. The molecule has 0 unspecified atom stereocenters. The minimum Gasteiger partial charge on any atom is -0.467 e. The molecular formula is C19H18N2O4. The van der Waals surface area contributed by atoms with Gasteiger partial charge in [-0.25, -0.2) is 4.79 Å². The molecule has 0 fully saturated rings. The van der Waals surface area contributed by atoms with Gasteiger partial charge in [0.1, 0.15) is 11.5 Å². The molecule has 3 rings (SSSR count). The molecule has 128 valence electrons. The van der Waals surface area contributed by atoms with Crippen molar-refractivity contribution in [3.8, 4) is 5.75 Å². The number of nitrogens with two attached hydrogens (primary N) is 1. The molecule has 1 amide bonds. The van der Waals surface area contributed by atoms with Gasteiger partial charge in [0, 0.05) is 11.4 Å². The highest BCUT2D eigenvalue weighted by molar-refractivity contribution is 5.98. The van der Waals surface area contributed by atoms with Crippen molar-refractivity contribution in [2.45, 2.75) is 20.4 Å². The van der Waals surface area contributed by atoms with Crippen molar-refractivity contribution < 1.29 is 18.7 Å². The van der Waals surface area contributed by atoms with Crippen LogP contribution in [0.2, 0.25) is 0 Å². The lowest BCUT2D eigenvalue weighted by Crippen LogP contribution is -2.16. The Balaban J connectivity index is 1.87. The minimum absolute atomic E-state index is 0.149. The molecule has 0 radical (unpaired) electrons. The van der Waals surface area contributed by atoms with Crippen LogP contribution in [-0.2, 0) is 6.54 Å². The van der Waals surface area contributed by atoms with Gasteiger partial charge < -0.3 is 19.5 Å². The number of esters is 1. The number of para-hydroxylation sites is 1. The van der Waals surface area contributed by atoms with Gasteiger partial charge in [-0.3, -0.25) is 4.79 Å². The second kappa shape index (κ2) is 6.68. The third-order valence-corrected chi connectivity index (χ3v) is 4.04. The molecule has 0 saturated carbocycles. The van der Waals surface area contributed by atoms with Crippen LogP contribution >= 0.6 is 0 Å². The molecule has 2 heterocycles. The molecular weight excluding hydrogens is 320 g/mol. The summed E-state index contributed by atoms with van der Waals surface area (Å²) in [6, 6.07) is 11.8. The van der Waals surface area contributed by atoms with Crippen LogP contribution in [0.25, 0.3) is 0 Å². The lowest BCUT2D eigenvalue weighted by molar-refractivity contribution is 0.0732. The maximum absolute atomic E-state index is 12.6. The van der Waals surface area contributed by atoms with Crippen LogP contribution < -0.4 is 10.5 Å². The molecule has 1 aromatic carbocycles.